The van der Waals surface area contributed by atoms with Crippen LogP contribution in [-0.4, -0.2) is 77.6 Å². The lowest BCUT2D eigenvalue weighted by molar-refractivity contribution is -0.126. The van der Waals surface area contributed by atoms with Gasteiger partial charge in [-0.15, -0.1) is 0 Å². The molecule has 1 saturated heterocycles. The van der Waals surface area contributed by atoms with Crippen molar-refractivity contribution in [1.29, 1.82) is 0 Å². The van der Waals surface area contributed by atoms with Crippen LogP contribution in [0.2, 0.25) is 0 Å². The van der Waals surface area contributed by atoms with Crippen molar-refractivity contribution in [1.82, 2.24) is 19.6 Å². The van der Waals surface area contributed by atoms with E-state index in [1.165, 1.54) is 4.90 Å². The van der Waals surface area contributed by atoms with Crippen LogP contribution >= 0.6 is 0 Å². The van der Waals surface area contributed by atoms with Gasteiger partial charge in [-0.25, -0.2) is 9.69 Å². The quantitative estimate of drug-likeness (QED) is 0.379. The van der Waals surface area contributed by atoms with Gasteiger partial charge < -0.3 is 4.90 Å². The molecule has 158 valence electrons. The van der Waals surface area contributed by atoms with Crippen molar-refractivity contribution in [2.75, 3.05) is 46.1 Å². The predicted octanol–water partition coefficient (Wildman–Crippen LogP) is 3.97. The van der Waals surface area contributed by atoms with Gasteiger partial charge in [-0.3, -0.25) is 14.6 Å². The Balaban J connectivity index is 2.65. The Hall–Kier alpha value is -1.14. The van der Waals surface area contributed by atoms with Crippen molar-refractivity contribution >= 4 is 11.9 Å². The van der Waals surface area contributed by atoms with Gasteiger partial charge in [0.1, 0.15) is 6.54 Å². The second kappa shape index (κ2) is 13.9. The minimum absolute atomic E-state index is 0.0519. The summed E-state index contributed by atoms with van der Waals surface area (Å²) in [6, 6.07) is -0.115. The Labute approximate surface area is 166 Å². The summed E-state index contributed by atoms with van der Waals surface area (Å²) in [5, 5.41) is 0. The monoisotopic (exact) mass is 382 g/mol. The molecule has 0 aromatic rings. The van der Waals surface area contributed by atoms with Crippen molar-refractivity contribution < 1.29 is 9.59 Å². The normalized spacial score (nSPS) is 15.0. The molecular formula is C21H42N4O2. The first kappa shape index (κ1) is 23.9. The minimum Gasteiger partial charge on any atom is -0.302 e. The molecular weight excluding hydrogens is 340 g/mol. The first-order valence-corrected chi connectivity index (χ1v) is 11.1. The minimum atomic E-state index is -0.115. The zero-order valence-corrected chi connectivity index (χ0v) is 18.2. The topological polar surface area (TPSA) is 47.1 Å². The predicted molar refractivity (Wildman–Crippen MR) is 111 cm³/mol. The second-order valence-corrected chi connectivity index (χ2v) is 7.74. The van der Waals surface area contributed by atoms with Crippen molar-refractivity contribution in [2.24, 2.45) is 0 Å². The molecule has 0 aliphatic carbocycles. The standard InChI is InChI=1S/C21H42N4O2/c1-5-9-13-22(14-10-6-2)18-24-17-20(26)25(21(24)27)19-23(15-11-7-3)16-12-8-4/h5-19H2,1-4H3. The smallest absolute Gasteiger partial charge is 0.302 e. The zero-order chi connectivity index (χ0) is 20.1. The lowest BCUT2D eigenvalue weighted by atomic mass is 10.3. The van der Waals surface area contributed by atoms with Gasteiger partial charge in [0.05, 0.1) is 13.3 Å². The van der Waals surface area contributed by atoms with E-state index >= 15 is 0 Å². The number of amides is 3. The molecule has 0 aromatic carbocycles. The summed E-state index contributed by atoms with van der Waals surface area (Å²) in [5.74, 6) is -0.0519. The fourth-order valence-corrected chi connectivity index (χ4v) is 3.32. The van der Waals surface area contributed by atoms with Crippen LogP contribution in [0.25, 0.3) is 0 Å². The number of nitrogens with zero attached hydrogens (tertiary/aromatic N) is 4. The number of carbonyl (C=O) groups excluding carboxylic acids is 2. The Morgan fingerprint density at radius 2 is 1.11 bits per heavy atom. The number of unbranched alkanes of at least 4 members (excludes halogenated alkanes) is 4. The van der Waals surface area contributed by atoms with E-state index in [-0.39, 0.29) is 18.5 Å². The molecule has 1 fully saturated rings. The maximum Gasteiger partial charge on any atom is 0.329 e. The maximum atomic E-state index is 12.9. The van der Waals surface area contributed by atoms with Crippen LogP contribution in [0.15, 0.2) is 0 Å². The van der Waals surface area contributed by atoms with Gasteiger partial charge in [0.25, 0.3) is 5.91 Å². The van der Waals surface area contributed by atoms with Crippen LogP contribution in [0.1, 0.15) is 79.1 Å². The molecule has 6 heteroatoms. The molecule has 27 heavy (non-hydrogen) atoms. The number of imide groups is 1. The molecule has 3 amide bonds. The first-order valence-electron chi connectivity index (χ1n) is 11.1. The highest BCUT2D eigenvalue weighted by Gasteiger charge is 2.37. The number of rotatable bonds is 16. The Bertz CT molecular complexity index is 414. The van der Waals surface area contributed by atoms with E-state index in [1.54, 1.807) is 4.90 Å². The highest BCUT2D eigenvalue weighted by atomic mass is 16.2. The molecule has 1 rings (SSSR count). The first-order chi connectivity index (χ1) is 13.1. The van der Waals surface area contributed by atoms with E-state index in [4.69, 9.17) is 0 Å². The summed E-state index contributed by atoms with van der Waals surface area (Å²) in [4.78, 5) is 33.1. The summed E-state index contributed by atoms with van der Waals surface area (Å²) in [5.41, 5.74) is 0. The van der Waals surface area contributed by atoms with E-state index in [2.05, 4.69) is 37.5 Å². The van der Waals surface area contributed by atoms with Gasteiger partial charge in [-0.1, -0.05) is 53.4 Å². The Morgan fingerprint density at radius 1 is 0.704 bits per heavy atom. The van der Waals surface area contributed by atoms with Gasteiger partial charge in [-0.2, -0.15) is 0 Å². The molecule has 1 aliphatic heterocycles. The highest BCUT2D eigenvalue weighted by Crippen LogP contribution is 2.14. The molecule has 0 bridgehead atoms. The molecule has 6 nitrogen and oxygen atoms in total. The second-order valence-electron chi connectivity index (χ2n) is 7.74. The van der Waals surface area contributed by atoms with E-state index in [1.807, 2.05) is 0 Å². The lowest BCUT2D eigenvalue weighted by Crippen LogP contribution is -2.45. The zero-order valence-electron chi connectivity index (χ0n) is 18.2. The number of hydrogen-bond acceptors (Lipinski definition) is 4. The van der Waals surface area contributed by atoms with Crippen molar-refractivity contribution in [3.05, 3.63) is 0 Å². The Kier molecular flexibility index (Phi) is 12.3. The van der Waals surface area contributed by atoms with Crippen LogP contribution in [0.5, 0.6) is 0 Å². The van der Waals surface area contributed by atoms with Crippen LogP contribution in [0.4, 0.5) is 4.79 Å². The molecule has 0 spiro atoms. The molecule has 0 atom stereocenters. The highest BCUT2D eigenvalue weighted by molar-refractivity contribution is 6.01. The van der Waals surface area contributed by atoms with Crippen LogP contribution in [0, 0.1) is 0 Å². The van der Waals surface area contributed by atoms with Gasteiger partial charge in [-0.05, 0) is 51.9 Å². The summed E-state index contributed by atoms with van der Waals surface area (Å²) >= 11 is 0. The molecule has 0 unspecified atom stereocenters. The van der Waals surface area contributed by atoms with Gasteiger partial charge in [0, 0.05) is 0 Å². The number of urea groups is 1. The van der Waals surface area contributed by atoms with Gasteiger partial charge in [0.15, 0.2) is 0 Å². The molecule has 0 radical (unpaired) electrons. The third-order valence-corrected chi connectivity index (χ3v) is 5.15. The lowest BCUT2D eigenvalue weighted by Gasteiger charge is -2.29. The summed E-state index contributed by atoms with van der Waals surface area (Å²) < 4.78 is 0. The van der Waals surface area contributed by atoms with Gasteiger partial charge >= 0.3 is 6.03 Å². The fraction of sp³-hybridized carbons (Fsp3) is 0.905. The maximum absolute atomic E-state index is 12.9. The van der Waals surface area contributed by atoms with E-state index in [0.29, 0.717) is 13.3 Å². The molecule has 0 saturated carbocycles. The molecule has 1 aliphatic rings. The SMILES string of the molecule is CCCCN(CCCC)CN1CC(=O)N(CN(CCCC)CCCC)C1=O. The van der Waals surface area contributed by atoms with Crippen molar-refractivity contribution in [2.45, 2.75) is 79.1 Å². The van der Waals surface area contributed by atoms with Crippen LogP contribution in [0.3, 0.4) is 0 Å². The van der Waals surface area contributed by atoms with E-state index in [0.717, 1.165) is 77.5 Å². The average molecular weight is 383 g/mol. The number of hydrogen-bond donors (Lipinski definition) is 0. The Morgan fingerprint density at radius 3 is 1.52 bits per heavy atom. The molecule has 1 heterocycles. The van der Waals surface area contributed by atoms with E-state index < -0.39 is 0 Å². The average Bonchev–Trinajstić information content (AvgIpc) is 2.92. The summed E-state index contributed by atoms with van der Waals surface area (Å²) in [7, 11) is 0. The molecule has 0 aromatic heterocycles. The summed E-state index contributed by atoms with van der Waals surface area (Å²) in [6.07, 6.45) is 9.01. The van der Waals surface area contributed by atoms with Crippen LogP contribution in [-0.2, 0) is 4.79 Å². The molecule has 0 N–H and O–H groups in total. The van der Waals surface area contributed by atoms with Gasteiger partial charge in [0.2, 0.25) is 0 Å². The fourth-order valence-electron chi connectivity index (χ4n) is 3.32. The largest absolute Gasteiger partial charge is 0.329 e. The third-order valence-electron chi connectivity index (χ3n) is 5.15. The third kappa shape index (κ3) is 8.60. The number of carbonyl (C=O) groups is 2. The summed E-state index contributed by atoms with van der Waals surface area (Å²) in [6.45, 7) is 13.9. The van der Waals surface area contributed by atoms with Crippen LogP contribution < -0.4 is 0 Å². The van der Waals surface area contributed by atoms with Crippen molar-refractivity contribution in [3.63, 3.8) is 0 Å². The van der Waals surface area contributed by atoms with Crippen molar-refractivity contribution in [3.8, 4) is 0 Å². The van der Waals surface area contributed by atoms with E-state index in [9.17, 15) is 9.59 Å².